The topological polar surface area (TPSA) is 64.6 Å². The second kappa shape index (κ2) is 6.58. The van der Waals surface area contributed by atoms with Crippen molar-refractivity contribution in [1.29, 1.82) is 0 Å². The van der Waals surface area contributed by atoms with Crippen LogP contribution in [-0.2, 0) is 10.0 Å². The number of hydrogen-bond acceptors (Lipinski definition) is 4. The summed E-state index contributed by atoms with van der Waals surface area (Å²) < 4.78 is 38.6. The van der Waals surface area contributed by atoms with Crippen LogP contribution in [0.5, 0.6) is 11.5 Å². The second-order valence-electron chi connectivity index (χ2n) is 4.61. The van der Waals surface area contributed by atoms with Gasteiger partial charge in [0.1, 0.15) is 16.4 Å². The number of halogens is 1. The van der Waals surface area contributed by atoms with E-state index >= 15 is 0 Å². The summed E-state index contributed by atoms with van der Waals surface area (Å²) in [6, 6.07) is 9.91. The fourth-order valence-electron chi connectivity index (χ4n) is 1.90. The summed E-state index contributed by atoms with van der Waals surface area (Å²) in [5.74, 6) is 0.738. The predicted molar refractivity (Wildman–Crippen MR) is 89.2 cm³/mol. The van der Waals surface area contributed by atoms with Crippen molar-refractivity contribution in [2.75, 3.05) is 18.9 Å². The quantitative estimate of drug-likeness (QED) is 0.853. The lowest BCUT2D eigenvalue weighted by molar-refractivity contribution is 0.386. The van der Waals surface area contributed by atoms with Gasteiger partial charge in [-0.25, -0.2) is 8.42 Å². The molecular weight excluding hydrogens is 370 g/mol. The van der Waals surface area contributed by atoms with Crippen molar-refractivity contribution in [2.24, 2.45) is 0 Å². The molecule has 0 unspecified atom stereocenters. The van der Waals surface area contributed by atoms with E-state index in [9.17, 15) is 8.42 Å². The lowest BCUT2D eigenvalue weighted by atomic mass is 10.2. The Labute approximate surface area is 138 Å². The van der Waals surface area contributed by atoms with E-state index in [-0.39, 0.29) is 10.6 Å². The minimum Gasteiger partial charge on any atom is -0.497 e. The molecule has 0 radical (unpaired) electrons. The number of sulfonamides is 1. The Morgan fingerprint density at radius 1 is 1.05 bits per heavy atom. The Kier molecular flexibility index (Phi) is 4.97. The lowest BCUT2D eigenvalue weighted by Crippen LogP contribution is -2.14. The molecule has 0 saturated heterocycles. The molecule has 2 aromatic rings. The van der Waals surface area contributed by atoms with Crippen LogP contribution in [0.3, 0.4) is 0 Å². The number of hydrogen-bond donors (Lipinski definition) is 1. The van der Waals surface area contributed by atoms with Gasteiger partial charge in [0.2, 0.25) is 0 Å². The van der Waals surface area contributed by atoms with E-state index in [0.717, 1.165) is 5.56 Å². The van der Waals surface area contributed by atoms with E-state index < -0.39 is 10.0 Å². The summed E-state index contributed by atoms with van der Waals surface area (Å²) in [4.78, 5) is 0.0447. The molecule has 0 spiro atoms. The fourth-order valence-corrected chi connectivity index (χ4v) is 3.85. The molecule has 0 aromatic heterocycles. The van der Waals surface area contributed by atoms with Gasteiger partial charge in [0, 0.05) is 10.5 Å². The standard InChI is InChI=1S/C15H16BrNO4S/c1-10-4-6-13(12(16)8-10)17-22(18,19)15-7-5-11(20-2)9-14(15)21-3/h4-9,17H,1-3H3. The molecule has 0 aliphatic heterocycles. The zero-order valence-corrected chi connectivity index (χ0v) is 14.8. The molecule has 0 saturated carbocycles. The predicted octanol–water partition coefficient (Wildman–Crippen LogP) is 3.58. The molecule has 0 atom stereocenters. The third-order valence-electron chi connectivity index (χ3n) is 3.03. The van der Waals surface area contributed by atoms with Crippen LogP contribution in [0.25, 0.3) is 0 Å². The van der Waals surface area contributed by atoms with Crippen LogP contribution in [-0.4, -0.2) is 22.6 Å². The molecule has 5 nitrogen and oxygen atoms in total. The van der Waals surface area contributed by atoms with Crippen molar-refractivity contribution in [2.45, 2.75) is 11.8 Å². The molecule has 0 fully saturated rings. The third kappa shape index (κ3) is 3.53. The van der Waals surface area contributed by atoms with E-state index in [1.807, 2.05) is 19.1 Å². The van der Waals surface area contributed by atoms with E-state index in [0.29, 0.717) is 15.9 Å². The number of methoxy groups -OCH3 is 2. The Bertz CT molecular complexity index is 790. The smallest absolute Gasteiger partial charge is 0.265 e. The van der Waals surface area contributed by atoms with E-state index in [1.54, 1.807) is 12.1 Å². The zero-order chi connectivity index (χ0) is 16.3. The van der Waals surface area contributed by atoms with Gasteiger partial charge in [-0.1, -0.05) is 6.07 Å². The molecule has 1 N–H and O–H groups in total. The summed E-state index contributed by atoms with van der Waals surface area (Å²) in [6.07, 6.45) is 0. The number of benzene rings is 2. The third-order valence-corrected chi connectivity index (χ3v) is 5.09. The molecule has 0 amide bonds. The molecule has 0 bridgehead atoms. The molecule has 22 heavy (non-hydrogen) atoms. The van der Waals surface area contributed by atoms with Crippen LogP contribution in [0.1, 0.15) is 5.56 Å². The monoisotopic (exact) mass is 385 g/mol. The summed E-state index contributed by atoms with van der Waals surface area (Å²) in [5, 5.41) is 0. The van der Waals surface area contributed by atoms with E-state index in [2.05, 4.69) is 20.7 Å². The van der Waals surface area contributed by atoms with Crippen LogP contribution in [0, 0.1) is 6.92 Å². The van der Waals surface area contributed by atoms with E-state index in [1.165, 1.54) is 26.4 Å². The lowest BCUT2D eigenvalue weighted by Gasteiger charge is -2.13. The van der Waals surface area contributed by atoms with Gasteiger partial charge in [-0.15, -0.1) is 0 Å². The Morgan fingerprint density at radius 3 is 2.36 bits per heavy atom. The summed E-state index contributed by atoms with van der Waals surface area (Å²) >= 11 is 3.35. The molecule has 0 aliphatic carbocycles. The van der Waals surface area contributed by atoms with Gasteiger partial charge in [-0.3, -0.25) is 4.72 Å². The molecule has 2 rings (SSSR count). The molecule has 7 heteroatoms. The molecule has 0 heterocycles. The number of ether oxygens (including phenoxy) is 2. The van der Waals surface area contributed by atoms with Crippen molar-refractivity contribution < 1.29 is 17.9 Å². The van der Waals surface area contributed by atoms with Crippen molar-refractivity contribution in [3.05, 3.63) is 46.4 Å². The maximum atomic E-state index is 12.6. The number of nitrogens with one attached hydrogen (secondary N) is 1. The van der Waals surface area contributed by atoms with Gasteiger partial charge in [-0.05, 0) is 52.7 Å². The highest BCUT2D eigenvalue weighted by atomic mass is 79.9. The van der Waals surface area contributed by atoms with Gasteiger partial charge < -0.3 is 9.47 Å². The maximum Gasteiger partial charge on any atom is 0.265 e. The first-order chi connectivity index (χ1) is 10.4. The van der Waals surface area contributed by atoms with Crippen LogP contribution < -0.4 is 14.2 Å². The van der Waals surface area contributed by atoms with Crippen molar-refractivity contribution in [1.82, 2.24) is 0 Å². The second-order valence-corrected chi connectivity index (χ2v) is 7.11. The Morgan fingerprint density at radius 2 is 1.77 bits per heavy atom. The van der Waals surface area contributed by atoms with E-state index in [4.69, 9.17) is 9.47 Å². The average Bonchev–Trinajstić information content (AvgIpc) is 2.49. The van der Waals surface area contributed by atoms with Gasteiger partial charge in [0.05, 0.1) is 19.9 Å². The number of anilines is 1. The van der Waals surface area contributed by atoms with Crippen LogP contribution in [0.15, 0.2) is 45.8 Å². The Hall–Kier alpha value is -1.73. The molecule has 118 valence electrons. The van der Waals surface area contributed by atoms with Gasteiger partial charge in [0.25, 0.3) is 10.0 Å². The first-order valence-electron chi connectivity index (χ1n) is 6.38. The van der Waals surface area contributed by atoms with Gasteiger partial charge >= 0.3 is 0 Å². The first-order valence-corrected chi connectivity index (χ1v) is 8.66. The summed E-state index contributed by atoms with van der Waals surface area (Å²) in [5.41, 5.74) is 1.49. The van der Waals surface area contributed by atoms with Crippen LogP contribution >= 0.6 is 15.9 Å². The average molecular weight is 386 g/mol. The fraction of sp³-hybridized carbons (Fsp3) is 0.200. The SMILES string of the molecule is COc1ccc(S(=O)(=O)Nc2ccc(C)cc2Br)c(OC)c1. The normalized spacial score (nSPS) is 11.1. The molecule has 2 aromatic carbocycles. The summed E-state index contributed by atoms with van der Waals surface area (Å²) in [6.45, 7) is 1.93. The summed E-state index contributed by atoms with van der Waals surface area (Å²) in [7, 11) is -0.860. The molecular formula is C15H16BrNO4S. The van der Waals surface area contributed by atoms with Gasteiger partial charge in [-0.2, -0.15) is 0 Å². The van der Waals surface area contributed by atoms with Crippen molar-refractivity contribution in [3.8, 4) is 11.5 Å². The largest absolute Gasteiger partial charge is 0.497 e. The highest BCUT2D eigenvalue weighted by molar-refractivity contribution is 9.10. The number of rotatable bonds is 5. The van der Waals surface area contributed by atoms with Crippen LogP contribution in [0.2, 0.25) is 0 Å². The van der Waals surface area contributed by atoms with Crippen LogP contribution in [0.4, 0.5) is 5.69 Å². The maximum absolute atomic E-state index is 12.6. The minimum atomic E-state index is -3.78. The highest BCUT2D eigenvalue weighted by Gasteiger charge is 2.21. The van der Waals surface area contributed by atoms with Gasteiger partial charge in [0.15, 0.2) is 0 Å². The zero-order valence-electron chi connectivity index (χ0n) is 12.4. The van der Waals surface area contributed by atoms with Crippen molar-refractivity contribution in [3.63, 3.8) is 0 Å². The molecule has 0 aliphatic rings. The highest BCUT2D eigenvalue weighted by Crippen LogP contribution is 2.31. The van der Waals surface area contributed by atoms with Crippen molar-refractivity contribution >= 4 is 31.6 Å². The Balaban J connectivity index is 2.42. The first kappa shape index (κ1) is 16.6. The number of aryl methyl sites for hydroxylation is 1. The minimum absolute atomic E-state index is 0.0447.